The minimum atomic E-state index is -3.18. The monoisotopic (exact) mass is 369 g/mol. The molecule has 0 radical (unpaired) electrons. The zero-order valence-electron chi connectivity index (χ0n) is 10.6. The van der Waals surface area contributed by atoms with Gasteiger partial charge in [-0.15, -0.1) is 34.7 Å². The van der Waals surface area contributed by atoms with E-state index in [0.717, 1.165) is 11.3 Å². The van der Waals surface area contributed by atoms with E-state index in [1.165, 1.54) is 17.8 Å². The van der Waals surface area contributed by atoms with Crippen LogP contribution in [0.3, 0.4) is 0 Å². The Bertz CT molecular complexity index is 657. The summed E-state index contributed by atoms with van der Waals surface area (Å²) in [5.74, 6) is -1.51. The van der Waals surface area contributed by atoms with Crippen LogP contribution in [0.25, 0.3) is 0 Å². The Morgan fingerprint density at radius 2 is 2.19 bits per heavy atom. The third-order valence-electron chi connectivity index (χ3n) is 2.79. The van der Waals surface area contributed by atoms with Crippen molar-refractivity contribution >= 4 is 56.4 Å². The average molecular weight is 370 g/mol. The topological polar surface area (TPSA) is 101 Å². The quantitative estimate of drug-likeness (QED) is 0.594. The van der Waals surface area contributed by atoms with Gasteiger partial charge in [-0.2, -0.15) is 0 Å². The first-order chi connectivity index (χ1) is 9.77. The summed E-state index contributed by atoms with van der Waals surface area (Å²) in [5.41, 5.74) is 0. The lowest BCUT2D eigenvalue weighted by molar-refractivity contribution is -0.119. The summed E-state index contributed by atoms with van der Waals surface area (Å²) in [6.45, 7) is 0. The molecule has 1 aromatic heterocycles. The van der Waals surface area contributed by atoms with Gasteiger partial charge in [0.1, 0.15) is 4.88 Å². The second-order valence-corrected chi connectivity index (χ2v) is 9.18. The summed E-state index contributed by atoms with van der Waals surface area (Å²) in [7, 11) is -3.18. The molecule has 2 heterocycles. The lowest BCUT2D eigenvalue weighted by Gasteiger charge is -2.13. The number of hydrogen-bond acceptors (Lipinski definition) is 6. The highest BCUT2D eigenvalue weighted by Crippen LogP contribution is 2.25. The summed E-state index contributed by atoms with van der Waals surface area (Å²) in [4.78, 5) is 23.4. The summed E-state index contributed by atoms with van der Waals surface area (Å²) in [5, 5.41) is 12.4. The van der Waals surface area contributed by atoms with Crippen molar-refractivity contribution in [1.82, 2.24) is 5.32 Å². The Labute approximate surface area is 134 Å². The molecule has 2 rings (SSSR count). The first-order valence-electron chi connectivity index (χ1n) is 5.85. The van der Waals surface area contributed by atoms with E-state index in [4.69, 9.17) is 16.7 Å². The molecule has 0 aromatic carbocycles. The number of thioether (sulfide) groups is 1. The first kappa shape index (κ1) is 16.6. The van der Waals surface area contributed by atoms with Crippen LogP contribution in [0, 0.1) is 0 Å². The fourth-order valence-electron chi connectivity index (χ4n) is 1.84. The molecule has 1 amide bonds. The number of carbonyl (C=O) groups excluding carboxylic acids is 1. The van der Waals surface area contributed by atoms with E-state index in [1.807, 2.05) is 0 Å². The maximum Gasteiger partial charge on any atom is 0.345 e. The predicted molar refractivity (Wildman–Crippen MR) is 82.2 cm³/mol. The van der Waals surface area contributed by atoms with Gasteiger partial charge in [0.25, 0.3) is 0 Å². The van der Waals surface area contributed by atoms with Gasteiger partial charge in [0, 0.05) is 10.3 Å². The van der Waals surface area contributed by atoms with Crippen molar-refractivity contribution in [3.05, 3.63) is 16.3 Å². The third kappa shape index (κ3) is 4.60. The normalized spacial score (nSPS) is 23.9. The lowest BCUT2D eigenvalue weighted by Crippen LogP contribution is -2.41. The third-order valence-corrected chi connectivity index (χ3v) is 7.20. The van der Waals surface area contributed by atoms with Crippen molar-refractivity contribution in [2.45, 2.75) is 16.3 Å². The fraction of sp³-hybridized carbons (Fsp3) is 0.455. The molecule has 21 heavy (non-hydrogen) atoms. The average Bonchev–Trinajstić information content (AvgIpc) is 2.92. The van der Waals surface area contributed by atoms with E-state index < -0.39 is 27.2 Å². The predicted octanol–water partition coefficient (Wildman–Crippen LogP) is 1.06. The number of carboxylic acids is 1. The molecular formula is C11H12ClNO5S3. The minimum Gasteiger partial charge on any atom is -0.477 e. The number of halogens is 1. The van der Waals surface area contributed by atoms with Crippen LogP contribution in [-0.4, -0.2) is 54.1 Å². The number of amides is 1. The molecule has 1 aromatic rings. The standard InChI is InChI=1S/C11H12ClNO5S3/c12-7-4-21(17,18)5-8(7)13-10(14)3-19-6-1-9(11(15)16)20-2-6/h1-2,7-8H,3-5H2,(H,13,14)(H,15,16). The number of carbonyl (C=O) groups is 2. The molecule has 6 nitrogen and oxygen atoms in total. The van der Waals surface area contributed by atoms with Gasteiger partial charge in [0.05, 0.1) is 28.7 Å². The van der Waals surface area contributed by atoms with Gasteiger partial charge in [-0.05, 0) is 6.07 Å². The van der Waals surface area contributed by atoms with Crippen LogP contribution in [0.1, 0.15) is 9.67 Å². The Hall–Kier alpha value is -0.770. The molecular weight excluding hydrogens is 358 g/mol. The number of sulfone groups is 1. The number of alkyl halides is 1. The zero-order chi connectivity index (χ0) is 15.6. The highest BCUT2D eigenvalue weighted by molar-refractivity contribution is 8.00. The van der Waals surface area contributed by atoms with E-state index >= 15 is 0 Å². The number of carboxylic acid groups (broad SMARTS) is 1. The van der Waals surface area contributed by atoms with E-state index in [-0.39, 0.29) is 28.0 Å². The smallest absolute Gasteiger partial charge is 0.345 e. The fourth-order valence-corrected chi connectivity index (χ4v) is 6.07. The van der Waals surface area contributed by atoms with Crippen LogP contribution in [0.15, 0.2) is 16.3 Å². The summed E-state index contributed by atoms with van der Waals surface area (Å²) >= 11 is 8.18. The molecule has 1 aliphatic heterocycles. The Morgan fingerprint density at radius 3 is 2.71 bits per heavy atom. The van der Waals surface area contributed by atoms with E-state index in [0.29, 0.717) is 4.90 Å². The number of thiophene rings is 1. The van der Waals surface area contributed by atoms with E-state index in [2.05, 4.69) is 5.32 Å². The van der Waals surface area contributed by atoms with Crippen LogP contribution >= 0.6 is 34.7 Å². The molecule has 2 unspecified atom stereocenters. The van der Waals surface area contributed by atoms with Crippen molar-refractivity contribution in [2.24, 2.45) is 0 Å². The molecule has 0 spiro atoms. The Kier molecular flexibility index (Phi) is 5.18. The molecule has 0 saturated carbocycles. The van der Waals surface area contributed by atoms with Crippen molar-refractivity contribution in [3.8, 4) is 0 Å². The maximum absolute atomic E-state index is 11.8. The van der Waals surface area contributed by atoms with Gasteiger partial charge in [-0.1, -0.05) is 0 Å². The van der Waals surface area contributed by atoms with Crippen LogP contribution in [0.2, 0.25) is 0 Å². The van der Waals surface area contributed by atoms with Gasteiger partial charge in [0.2, 0.25) is 5.91 Å². The van der Waals surface area contributed by atoms with Gasteiger partial charge in [-0.3, -0.25) is 4.79 Å². The van der Waals surface area contributed by atoms with Gasteiger partial charge in [-0.25, -0.2) is 13.2 Å². The molecule has 1 saturated heterocycles. The molecule has 0 aliphatic carbocycles. The highest BCUT2D eigenvalue weighted by Gasteiger charge is 2.37. The second-order valence-electron chi connectivity index (χ2n) is 4.51. The molecule has 0 bridgehead atoms. The van der Waals surface area contributed by atoms with Gasteiger partial charge < -0.3 is 10.4 Å². The Morgan fingerprint density at radius 1 is 1.48 bits per heavy atom. The van der Waals surface area contributed by atoms with Crippen molar-refractivity contribution in [2.75, 3.05) is 17.3 Å². The van der Waals surface area contributed by atoms with E-state index in [9.17, 15) is 18.0 Å². The first-order valence-corrected chi connectivity index (χ1v) is 9.97. The van der Waals surface area contributed by atoms with Crippen molar-refractivity contribution in [1.29, 1.82) is 0 Å². The van der Waals surface area contributed by atoms with E-state index in [1.54, 1.807) is 5.38 Å². The molecule has 1 fully saturated rings. The number of hydrogen-bond donors (Lipinski definition) is 2. The Balaban J connectivity index is 1.83. The lowest BCUT2D eigenvalue weighted by atomic mass is 10.2. The molecule has 2 atom stereocenters. The summed E-state index contributed by atoms with van der Waals surface area (Å²) in [6, 6.07) is 0.928. The van der Waals surface area contributed by atoms with Crippen LogP contribution < -0.4 is 5.32 Å². The molecule has 1 aliphatic rings. The second kappa shape index (κ2) is 6.55. The van der Waals surface area contributed by atoms with Crippen LogP contribution in [0.5, 0.6) is 0 Å². The van der Waals surface area contributed by atoms with Crippen molar-refractivity contribution in [3.63, 3.8) is 0 Å². The summed E-state index contributed by atoms with van der Waals surface area (Å²) in [6.07, 6.45) is 0. The molecule has 116 valence electrons. The van der Waals surface area contributed by atoms with Crippen LogP contribution in [0.4, 0.5) is 0 Å². The number of rotatable bonds is 5. The minimum absolute atomic E-state index is 0.0793. The number of nitrogens with one attached hydrogen (secondary N) is 1. The molecule has 10 heteroatoms. The summed E-state index contributed by atoms with van der Waals surface area (Å²) < 4.78 is 22.8. The maximum atomic E-state index is 11.8. The largest absolute Gasteiger partial charge is 0.477 e. The number of aromatic carboxylic acids is 1. The van der Waals surface area contributed by atoms with Gasteiger partial charge in [0.15, 0.2) is 9.84 Å². The molecule has 2 N–H and O–H groups in total. The SMILES string of the molecule is O=C(CSc1csc(C(=O)O)c1)NC1CS(=O)(=O)CC1Cl. The van der Waals surface area contributed by atoms with Crippen LogP contribution in [-0.2, 0) is 14.6 Å². The highest BCUT2D eigenvalue weighted by atomic mass is 35.5. The zero-order valence-corrected chi connectivity index (χ0v) is 13.8. The van der Waals surface area contributed by atoms with Crippen molar-refractivity contribution < 1.29 is 23.1 Å². The van der Waals surface area contributed by atoms with Gasteiger partial charge >= 0.3 is 5.97 Å².